The Hall–Kier alpha value is -2.98. The molecule has 1 aliphatic rings. The smallest absolute Gasteiger partial charge is 0.343 e. The summed E-state index contributed by atoms with van der Waals surface area (Å²) >= 11 is 0. The van der Waals surface area contributed by atoms with Gasteiger partial charge in [-0.1, -0.05) is 26.2 Å². The van der Waals surface area contributed by atoms with Gasteiger partial charge in [0.25, 0.3) is 0 Å². The minimum atomic E-state index is -1.08. The molecule has 1 saturated carbocycles. The quantitative estimate of drug-likeness (QED) is 0.210. The van der Waals surface area contributed by atoms with E-state index >= 15 is 0 Å². The van der Waals surface area contributed by atoms with Crippen molar-refractivity contribution in [2.75, 3.05) is 13.2 Å². The average molecular weight is 472 g/mol. The van der Waals surface area contributed by atoms with Crippen LogP contribution in [0.2, 0.25) is 0 Å². The molecule has 0 aliphatic heterocycles. The number of hydrogen-bond donors (Lipinski definition) is 0. The highest BCUT2D eigenvalue weighted by molar-refractivity contribution is 5.91. The summed E-state index contributed by atoms with van der Waals surface area (Å²) in [5.41, 5.74) is -0.501. The number of rotatable bonds is 11. The summed E-state index contributed by atoms with van der Waals surface area (Å²) in [5.74, 6) is -2.11. The monoisotopic (exact) mass is 471 g/mol. The van der Waals surface area contributed by atoms with Crippen molar-refractivity contribution in [3.8, 4) is 17.6 Å². The number of esters is 1. The normalized spacial score (nSPS) is 17.7. The maximum Gasteiger partial charge on any atom is 0.343 e. The minimum Gasteiger partial charge on any atom is -0.493 e. The van der Waals surface area contributed by atoms with E-state index in [-0.39, 0.29) is 11.3 Å². The Kier molecular flexibility index (Phi) is 9.84. The van der Waals surface area contributed by atoms with Gasteiger partial charge in [0, 0.05) is 18.7 Å². The standard InChI is InChI=1S/C27H31F2NO4/c1-2-3-4-5-14-32-21-10-6-19(7-11-21)18-33-22-12-8-20(9-13-22)27(31)34-23-15-25(28)24(17-30)26(29)16-23/h8-9,12-13,15-16,19,21H,2-7,10-11,14,18H2,1H3. The molecule has 0 amide bonds. The molecule has 34 heavy (non-hydrogen) atoms. The topological polar surface area (TPSA) is 68.6 Å². The second-order valence-corrected chi connectivity index (χ2v) is 8.67. The number of nitriles is 1. The number of ether oxygens (including phenoxy) is 3. The first-order valence-corrected chi connectivity index (χ1v) is 12.0. The van der Waals surface area contributed by atoms with E-state index in [0.29, 0.717) is 24.4 Å². The lowest BCUT2D eigenvalue weighted by Gasteiger charge is -2.28. The van der Waals surface area contributed by atoms with E-state index in [1.807, 2.05) is 0 Å². The van der Waals surface area contributed by atoms with Gasteiger partial charge < -0.3 is 14.2 Å². The number of carbonyl (C=O) groups is 1. The molecule has 2 aromatic rings. The van der Waals surface area contributed by atoms with Gasteiger partial charge in [-0.3, -0.25) is 0 Å². The number of halogens is 2. The molecule has 2 aromatic carbocycles. The number of nitrogens with zero attached hydrogens (tertiary/aromatic N) is 1. The molecule has 182 valence electrons. The van der Waals surface area contributed by atoms with E-state index in [4.69, 9.17) is 19.5 Å². The number of hydrogen-bond acceptors (Lipinski definition) is 5. The molecule has 3 rings (SSSR count). The van der Waals surface area contributed by atoms with Crippen LogP contribution in [0.1, 0.15) is 74.2 Å². The van der Waals surface area contributed by atoms with E-state index in [1.54, 1.807) is 12.1 Å². The molecule has 5 nitrogen and oxygen atoms in total. The molecule has 0 spiro atoms. The average Bonchev–Trinajstić information content (AvgIpc) is 2.83. The van der Waals surface area contributed by atoms with Crippen molar-refractivity contribution < 1.29 is 27.8 Å². The second-order valence-electron chi connectivity index (χ2n) is 8.67. The van der Waals surface area contributed by atoms with Gasteiger partial charge in [-0.2, -0.15) is 5.26 Å². The first kappa shape index (κ1) is 25.6. The maximum atomic E-state index is 13.7. The van der Waals surface area contributed by atoms with Gasteiger partial charge in [-0.05, 0) is 62.3 Å². The van der Waals surface area contributed by atoms with Gasteiger partial charge in [0.2, 0.25) is 0 Å². The lowest BCUT2D eigenvalue weighted by molar-refractivity contribution is 0.0111. The Bertz CT molecular complexity index is 956. The lowest BCUT2D eigenvalue weighted by atomic mass is 9.88. The van der Waals surface area contributed by atoms with Crippen LogP contribution in [0, 0.1) is 28.9 Å². The molecule has 0 aromatic heterocycles. The minimum absolute atomic E-state index is 0.217. The van der Waals surface area contributed by atoms with Crippen LogP contribution in [0.15, 0.2) is 36.4 Å². The Balaban J connectivity index is 1.41. The fourth-order valence-corrected chi connectivity index (χ4v) is 4.03. The van der Waals surface area contributed by atoms with Crippen LogP contribution in [0.3, 0.4) is 0 Å². The molecule has 0 bridgehead atoms. The molecule has 1 aliphatic carbocycles. The van der Waals surface area contributed by atoms with E-state index < -0.39 is 23.2 Å². The van der Waals surface area contributed by atoms with E-state index in [0.717, 1.165) is 50.8 Å². The zero-order valence-corrected chi connectivity index (χ0v) is 19.5. The third-order valence-corrected chi connectivity index (χ3v) is 6.06. The Morgan fingerprint density at radius 1 is 1.00 bits per heavy atom. The van der Waals surface area contributed by atoms with Gasteiger partial charge >= 0.3 is 5.97 Å². The number of unbranched alkanes of at least 4 members (excludes halogenated alkanes) is 3. The summed E-state index contributed by atoms with van der Waals surface area (Å²) in [7, 11) is 0. The highest BCUT2D eigenvalue weighted by Crippen LogP contribution is 2.27. The first-order chi connectivity index (χ1) is 16.5. The number of benzene rings is 2. The number of carbonyl (C=O) groups excluding carboxylic acids is 1. The summed E-state index contributed by atoms with van der Waals surface area (Å²) in [6, 6.07) is 9.45. The molecule has 0 unspecified atom stereocenters. The molecule has 0 heterocycles. The Labute approximate surface area is 199 Å². The molecule has 0 N–H and O–H groups in total. The van der Waals surface area contributed by atoms with Gasteiger partial charge in [0.1, 0.15) is 34.8 Å². The van der Waals surface area contributed by atoms with Crippen LogP contribution in [-0.4, -0.2) is 25.3 Å². The first-order valence-electron chi connectivity index (χ1n) is 12.0. The van der Waals surface area contributed by atoms with Crippen LogP contribution in [0.5, 0.6) is 11.5 Å². The van der Waals surface area contributed by atoms with E-state index in [2.05, 4.69) is 6.92 Å². The maximum absolute atomic E-state index is 13.7. The van der Waals surface area contributed by atoms with Crippen LogP contribution >= 0.6 is 0 Å². The highest BCUT2D eigenvalue weighted by atomic mass is 19.1. The summed E-state index contributed by atoms with van der Waals surface area (Å²) in [5, 5.41) is 8.71. The predicted molar refractivity (Wildman–Crippen MR) is 124 cm³/mol. The highest BCUT2D eigenvalue weighted by Gasteiger charge is 2.22. The van der Waals surface area contributed by atoms with Crippen molar-refractivity contribution in [3.63, 3.8) is 0 Å². The van der Waals surface area contributed by atoms with Gasteiger partial charge in [0.15, 0.2) is 0 Å². The van der Waals surface area contributed by atoms with Crippen LogP contribution in [-0.2, 0) is 4.74 Å². The molecule has 0 radical (unpaired) electrons. The zero-order chi connectivity index (χ0) is 24.3. The zero-order valence-electron chi connectivity index (χ0n) is 19.5. The largest absolute Gasteiger partial charge is 0.493 e. The fourth-order valence-electron chi connectivity index (χ4n) is 4.03. The Morgan fingerprint density at radius 3 is 2.29 bits per heavy atom. The fraction of sp³-hybridized carbons (Fsp3) is 0.481. The van der Waals surface area contributed by atoms with Crippen molar-refractivity contribution in [2.45, 2.75) is 64.4 Å². The third-order valence-electron chi connectivity index (χ3n) is 6.06. The van der Waals surface area contributed by atoms with Crippen LogP contribution in [0.25, 0.3) is 0 Å². The van der Waals surface area contributed by atoms with Crippen LogP contribution in [0.4, 0.5) is 8.78 Å². The van der Waals surface area contributed by atoms with Crippen molar-refractivity contribution in [2.24, 2.45) is 5.92 Å². The molecule has 1 fully saturated rings. The van der Waals surface area contributed by atoms with Crippen molar-refractivity contribution in [3.05, 3.63) is 59.2 Å². The summed E-state index contributed by atoms with van der Waals surface area (Å²) in [6.07, 6.45) is 9.51. The van der Waals surface area contributed by atoms with E-state index in [1.165, 1.54) is 37.5 Å². The van der Waals surface area contributed by atoms with Crippen molar-refractivity contribution in [1.29, 1.82) is 5.26 Å². The molecular weight excluding hydrogens is 440 g/mol. The Morgan fingerprint density at radius 2 is 1.68 bits per heavy atom. The van der Waals surface area contributed by atoms with Gasteiger partial charge in [0.05, 0.1) is 18.3 Å². The van der Waals surface area contributed by atoms with Gasteiger partial charge in [-0.25, -0.2) is 13.6 Å². The molecule has 0 saturated heterocycles. The summed E-state index contributed by atoms with van der Waals surface area (Å²) in [4.78, 5) is 12.3. The van der Waals surface area contributed by atoms with Crippen molar-refractivity contribution in [1.82, 2.24) is 0 Å². The van der Waals surface area contributed by atoms with Crippen LogP contribution < -0.4 is 9.47 Å². The summed E-state index contributed by atoms with van der Waals surface area (Å²) in [6.45, 7) is 3.67. The van der Waals surface area contributed by atoms with Gasteiger partial charge in [-0.15, -0.1) is 0 Å². The second kappa shape index (κ2) is 13.0. The SMILES string of the molecule is CCCCCCOC1CCC(COc2ccc(C(=O)Oc3cc(F)c(C#N)c(F)c3)cc2)CC1. The molecule has 7 heteroatoms. The predicted octanol–water partition coefficient (Wildman–Crippen LogP) is 6.59. The van der Waals surface area contributed by atoms with E-state index in [9.17, 15) is 13.6 Å². The molecular formula is C27H31F2NO4. The summed E-state index contributed by atoms with van der Waals surface area (Å²) < 4.78 is 44.3. The third kappa shape index (κ3) is 7.53. The molecule has 0 atom stereocenters. The lowest BCUT2D eigenvalue weighted by Crippen LogP contribution is -2.25. The van der Waals surface area contributed by atoms with Crippen molar-refractivity contribution >= 4 is 5.97 Å².